The largest absolute Gasteiger partial charge is 0.393 e. The Morgan fingerprint density at radius 2 is 2.00 bits per heavy atom. The summed E-state index contributed by atoms with van der Waals surface area (Å²) in [5.41, 5.74) is 0.665. The number of hydrogen-bond donors (Lipinski definition) is 2. The van der Waals surface area contributed by atoms with Gasteiger partial charge in [-0.05, 0) is 50.2 Å². The van der Waals surface area contributed by atoms with Gasteiger partial charge in [-0.25, -0.2) is 4.39 Å². The van der Waals surface area contributed by atoms with Gasteiger partial charge in [-0.1, -0.05) is 25.1 Å². The van der Waals surface area contributed by atoms with Crippen LogP contribution in [-0.2, 0) is 11.2 Å². The second kappa shape index (κ2) is 7.55. The van der Waals surface area contributed by atoms with Crippen LogP contribution >= 0.6 is 0 Å². The highest BCUT2D eigenvalue weighted by Gasteiger charge is 2.22. The van der Waals surface area contributed by atoms with Crippen molar-refractivity contribution in [2.24, 2.45) is 5.92 Å². The van der Waals surface area contributed by atoms with Crippen LogP contribution in [0.25, 0.3) is 0 Å². The van der Waals surface area contributed by atoms with Crippen molar-refractivity contribution in [3.05, 3.63) is 35.6 Å². The molecular weight excluding hydrogens is 269 g/mol. The summed E-state index contributed by atoms with van der Waals surface area (Å²) in [6.07, 6.45) is 4.20. The van der Waals surface area contributed by atoms with Crippen LogP contribution in [0.2, 0.25) is 0 Å². The van der Waals surface area contributed by atoms with E-state index in [4.69, 9.17) is 0 Å². The van der Waals surface area contributed by atoms with E-state index < -0.39 is 0 Å². The van der Waals surface area contributed by atoms with Crippen LogP contribution in [0, 0.1) is 11.7 Å². The molecule has 21 heavy (non-hydrogen) atoms. The summed E-state index contributed by atoms with van der Waals surface area (Å²) in [7, 11) is 0. The number of benzene rings is 1. The number of halogens is 1. The number of rotatable bonds is 5. The molecule has 1 aliphatic rings. The first-order valence-electron chi connectivity index (χ1n) is 7.78. The number of carbonyl (C=O) groups is 1. The first-order chi connectivity index (χ1) is 10.1. The van der Waals surface area contributed by atoms with Crippen LogP contribution in [-0.4, -0.2) is 23.2 Å². The van der Waals surface area contributed by atoms with Crippen LogP contribution in [0.5, 0.6) is 0 Å². The predicted molar refractivity (Wildman–Crippen MR) is 80.3 cm³/mol. The average Bonchev–Trinajstić information content (AvgIpc) is 2.48. The molecule has 0 aromatic heterocycles. The summed E-state index contributed by atoms with van der Waals surface area (Å²) in [6.45, 7) is 1.88. The number of aliphatic hydroxyl groups excluding tert-OH is 1. The Bertz CT molecular complexity index is 470. The van der Waals surface area contributed by atoms with Crippen molar-refractivity contribution in [3.63, 3.8) is 0 Å². The third-order valence-electron chi connectivity index (χ3n) is 4.30. The van der Waals surface area contributed by atoms with Crippen molar-refractivity contribution in [1.82, 2.24) is 5.32 Å². The number of aliphatic hydroxyl groups is 1. The first-order valence-corrected chi connectivity index (χ1v) is 7.78. The highest BCUT2D eigenvalue weighted by atomic mass is 19.1. The Morgan fingerprint density at radius 3 is 2.67 bits per heavy atom. The zero-order valence-corrected chi connectivity index (χ0v) is 12.5. The van der Waals surface area contributed by atoms with E-state index in [1.54, 1.807) is 12.1 Å². The maximum absolute atomic E-state index is 13.5. The van der Waals surface area contributed by atoms with E-state index >= 15 is 0 Å². The first kappa shape index (κ1) is 16.0. The van der Waals surface area contributed by atoms with Gasteiger partial charge in [-0.15, -0.1) is 0 Å². The molecule has 1 fully saturated rings. The Hall–Kier alpha value is -1.42. The summed E-state index contributed by atoms with van der Waals surface area (Å²) in [5.74, 6) is -0.296. The SMILES string of the molecule is CC(CCc1ccccc1F)C(=O)NC1CCC(O)CC1. The van der Waals surface area contributed by atoms with Crippen LogP contribution < -0.4 is 5.32 Å². The highest BCUT2D eigenvalue weighted by molar-refractivity contribution is 5.78. The molecule has 2 N–H and O–H groups in total. The molecule has 1 atom stereocenters. The van der Waals surface area contributed by atoms with Gasteiger partial charge in [0.15, 0.2) is 0 Å². The second-order valence-corrected chi connectivity index (χ2v) is 6.05. The van der Waals surface area contributed by atoms with Gasteiger partial charge in [-0.2, -0.15) is 0 Å². The maximum atomic E-state index is 13.5. The van der Waals surface area contributed by atoms with E-state index in [-0.39, 0.29) is 29.8 Å². The number of hydrogen-bond acceptors (Lipinski definition) is 2. The third-order valence-corrected chi connectivity index (χ3v) is 4.30. The topological polar surface area (TPSA) is 49.3 Å². The van der Waals surface area contributed by atoms with Gasteiger partial charge in [0, 0.05) is 12.0 Å². The minimum absolute atomic E-state index is 0.0349. The standard InChI is InChI=1S/C17H24FNO2/c1-12(6-7-13-4-2-3-5-16(13)18)17(21)19-14-8-10-15(20)11-9-14/h2-5,12,14-15,20H,6-11H2,1H3,(H,19,21). The van der Waals surface area contributed by atoms with E-state index in [9.17, 15) is 14.3 Å². The van der Waals surface area contributed by atoms with Crippen LogP contribution in [0.4, 0.5) is 4.39 Å². The lowest BCUT2D eigenvalue weighted by Crippen LogP contribution is -2.41. The van der Waals surface area contributed by atoms with Gasteiger partial charge >= 0.3 is 0 Å². The molecule has 1 unspecified atom stereocenters. The summed E-state index contributed by atoms with van der Waals surface area (Å²) >= 11 is 0. The van der Waals surface area contributed by atoms with Gasteiger partial charge in [-0.3, -0.25) is 4.79 Å². The molecule has 0 spiro atoms. The number of carbonyl (C=O) groups excluding carboxylic acids is 1. The zero-order chi connectivity index (χ0) is 15.2. The molecule has 4 heteroatoms. The minimum Gasteiger partial charge on any atom is -0.393 e. The lowest BCUT2D eigenvalue weighted by Gasteiger charge is -2.27. The van der Waals surface area contributed by atoms with Crippen molar-refractivity contribution >= 4 is 5.91 Å². The summed E-state index contributed by atoms with van der Waals surface area (Å²) < 4.78 is 13.5. The van der Waals surface area contributed by atoms with E-state index in [0.29, 0.717) is 18.4 Å². The Balaban J connectivity index is 1.76. The molecule has 1 saturated carbocycles. The highest BCUT2D eigenvalue weighted by Crippen LogP contribution is 2.19. The Morgan fingerprint density at radius 1 is 1.33 bits per heavy atom. The molecule has 0 aliphatic heterocycles. The number of aryl methyl sites for hydroxylation is 1. The molecule has 1 aromatic rings. The normalized spacial score (nSPS) is 23.6. The lowest BCUT2D eigenvalue weighted by molar-refractivity contribution is -0.125. The molecule has 1 aliphatic carbocycles. The zero-order valence-electron chi connectivity index (χ0n) is 12.5. The second-order valence-electron chi connectivity index (χ2n) is 6.05. The smallest absolute Gasteiger partial charge is 0.223 e. The molecule has 0 radical (unpaired) electrons. The van der Waals surface area contributed by atoms with Gasteiger partial charge in [0.1, 0.15) is 5.82 Å². The molecule has 1 aromatic carbocycles. The van der Waals surface area contributed by atoms with Crippen molar-refractivity contribution < 1.29 is 14.3 Å². The molecule has 2 rings (SSSR count). The van der Waals surface area contributed by atoms with Crippen molar-refractivity contribution in [1.29, 1.82) is 0 Å². The lowest BCUT2D eigenvalue weighted by atomic mass is 9.92. The summed E-state index contributed by atoms with van der Waals surface area (Å²) in [6, 6.07) is 6.88. The van der Waals surface area contributed by atoms with Gasteiger partial charge in [0.2, 0.25) is 5.91 Å². The molecule has 0 saturated heterocycles. The Kier molecular flexibility index (Phi) is 5.74. The maximum Gasteiger partial charge on any atom is 0.223 e. The third kappa shape index (κ3) is 4.81. The van der Waals surface area contributed by atoms with E-state index in [0.717, 1.165) is 25.7 Å². The van der Waals surface area contributed by atoms with Crippen molar-refractivity contribution in [2.45, 2.75) is 57.6 Å². The number of nitrogens with one attached hydrogen (secondary N) is 1. The van der Waals surface area contributed by atoms with Gasteiger partial charge in [0.05, 0.1) is 6.10 Å². The molecule has 3 nitrogen and oxygen atoms in total. The molecule has 0 heterocycles. The van der Waals surface area contributed by atoms with Crippen molar-refractivity contribution in [2.75, 3.05) is 0 Å². The number of amides is 1. The van der Waals surface area contributed by atoms with Gasteiger partial charge in [0.25, 0.3) is 0 Å². The predicted octanol–water partition coefficient (Wildman–Crippen LogP) is 2.81. The fourth-order valence-corrected chi connectivity index (χ4v) is 2.77. The monoisotopic (exact) mass is 293 g/mol. The fourth-order valence-electron chi connectivity index (χ4n) is 2.77. The quantitative estimate of drug-likeness (QED) is 0.877. The van der Waals surface area contributed by atoms with E-state index in [1.807, 2.05) is 13.0 Å². The molecule has 116 valence electrons. The molecule has 1 amide bonds. The molecule has 0 bridgehead atoms. The van der Waals surface area contributed by atoms with Crippen LogP contribution in [0.3, 0.4) is 0 Å². The Labute approximate surface area is 125 Å². The summed E-state index contributed by atoms with van der Waals surface area (Å²) in [5, 5.41) is 12.5. The van der Waals surface area contributed by atoms with E-state index in [2.05, 4.69) is 5.32 Å². The summed E-state index contributed by atoms with van der Waals surface area (Å²) in [4.78, 5) is 12.1. The minimum atomic E-state index is -0.211. The molecular formula is C17H24FNO2. The van der Waals surface area contributed by atoms with Crippen LogP contribution in [0.15, 0.2) is 24.3 Å². The van der Waals surface area contributed by atoms with Gasteiger partial charge < -0.3 is 10.4 Å². The van der Waals surface area contributed by atoms with Crippen LogP contribution in [0.1, 0.15) is 44.6 Å². The van der Waals surface area contributed by atoms with Crippen molar-refractivity contribution in [3.8, 4) is 0 Å². The fraction of sp³-hybridized carbons (Fsp3) is 0.588. The van der Waals surface area contributed by atoms with E-state index in [1.165, 1.54) is 6.07 Å². The average molecular weight is 293 g/mol.